The molecule has 0 aromatic heterocycles. The summed E-state index contributed by atoms with van der Waals surface area (Å²) in [4.78, 5) is 11.7. The Morgan fingerprint density at radius 3 is 2.18 bits per heavy atom. The molecule has 2 rings (SSSR count). The monoisotopic (exact) mass is 249 g/mol. The van der Waals surface area contributed by atoms with Crippen LogP contribution in [0.1, 0.15) is 10.4 Å². The molecule has 1 N–H and O–H groups in total. The van der Waals surface area contributed by atoms with Gasteiger partial charge in [0, 0.05) is 16.3 Å². The zero-order valence-corrected chi connectivity index (χ0v) is 9.54. The Balaban J connectivity index is 2.11. The van der Waals surface area contributed by atoms with Crippen molar-refractivity contribution in [3.05, 3.63) is 64.9 Å². The second kappa shape index (κ2) is 4.97. The quantitative estimate of drug-likeness (QED) is 0.863. The minimum Gasteiger partial charge on any atom is -0.322 e. The van der Waals surface area contributed by atoms with Gasteiger partial charge in [-0.05, 0) is 48.5 Å². The van der Waals surface area contributed by atoms with Gasteiger partial charge in [-0.3, -0.25) is 4.79 Å². The van der Waals surface area contributed by atoms with Crippen LogP contribution in [0, 0.1) is 5.82 Å². The number of nitrogens with one attached hydrogen (secondary N) is 1. The Hall–Kier alpha value is -1.87. The molecule has 2 aromatic carbocycles. The first-order chi connectivity index (χ1) is 8.15. The maximum atomic E-state index is 12.7. The van der Waals surface area contributed by atoms with Gasteiger partial charge in [-0.15, -0.1) is 0 Å². The van der Waals surface area contributed by atoms with E-state index < -0.39 is 0 Å². The molecule has 0 aliphatic carbocycles. The van der Waals surface area contributed by atoms with E-state index in [0.29, 0.717) is 16.3 Å². The van der Waals surface area contributed by atoms with Gasteiger partial charge in [-0.2, -0.15) is 0 Å². The van der Waals surface area contributed by atoms with E-state index in [1.165, 1.54) is 24.3 Å². The number of benzene rings is 2. The van der Waals surface area contributed by atoms with Gasteiger partial charge in [0.1, 0.15) is 5.82 Å². The maximum Gasteiger partial charge on any atom is 0.255 e. The second-order valence-electron chi connectivity index (χ2n) is 3.47. The highest BCUT2D eigenvalue weighted by atomic mass is 35.5. The molecular formula is C13H9ClFNO. The van der Waals surface area contributed by atoms with Crippen molar-refractivity contribution in [1.29, 1.82) is 0 Å². The van der Waals surface area contributed by atoms with Crippen molar-refractivity contribution in [1.82, 2.24) is 0 Å². The second-order valence-corrected chi connectivity index (χ2v) is 3.90. The lowest BCUT2D eigenvalue weighted by Gasteiger charge is -2.05. The molecule has 0 saturated carbocycles. The molecule has 0 aliphatic heterocycles. The van der Waals surface area contributed by atoms with Crippen molar-refractivity contribution in [2.24, 2.45) is 0 Å². The van der Waals surface area contributed by atoms with E-state index in [0.717, 1.165) is 0 Å². The predicted molar refractivity (Wildman–Crippen MR) is 65.8 cm³/mol. The number of hydrogen-bond acceptors (Lipinski definition) is 1. The summed E-state index contributed by atoms with van der Waals surface area (Å²) in [5.74, 6) is -0.652. The summed E-state index contributed by atoms with van der Waals surface area (Å²) in [6.07, 6.45) is 0. The summed E-state index contributed by atoms with van der Waals surface area (Å²) in [5.41, 5.74) is 1.05. The smallest absolute Gasteiger partial charge is 0.255 e. The molecule has 0 saturated heterocycles. The van der Waals surface area contributed by atoms with E-state index in [1.807, 2.05) is 0 Å². The molecule has 4 heteroatoms. The molecule has 86 valence electrons. The van der Waals surface area contributed by atoms with E-state index in [4.69, 9.17) is 11.6 Å². The number of anilines is 1. The van der Waals surface area contributed by atoms with Crippen LogP contribution in [0.3, 0.4) is 0 Å². The largest absolute Gasteiger partial charge is 0.322 e. The molecule has 0 unspecified atom stereocenters. The van der Waals surface area contributed by atoms with Crippen LogP contribution in [0.15, 0.2) is 48.5 Å². The average Bonchev–Trinajstić information content (AvgIpc) is 2.33. The number of hydrogen-bond donors (Lipinski definition) is 1. The number of rotatable bonds is 2. The normalized spacial score (nSPS) is 10.0. The van der Waals surface area contributed by atoms with Gasteiger partial charge in [0.15, 0.2) is 0 Å². The Kier molecular flexibility index (Phi) is 3.40. The first kappa shape index (κ1) is 11.6. The Labute approximate surface area is 103 Å². The van der Waals surface area contributed by atoms with Crippen LogP contribution in [-0.4, -0.2) is 5.91 Å². The zero-order valence-electron chi connectivity index (χ0n) is 8.78. The highest BCUT2D eigenvalue weighted by Crippen LogP contribution is 2.14. The summed E-state index contributed by atoms with van der Waals surface area (Å²) in [5, 5.41) is 3.29. The third-order valence-corrected chi connectivity index (χ3v) is 2.46. The fraction of sp³-hybridized carbons (Fsp3) is 0. The van der Waals surface area contributed by atoms with Crippen molar-refractivity contribution in [3.8, 4) is 0 Å². The van der Waals surface area contributed by atoms with E-state index in [1.54, 1.807) is 24.3 Å². The first-order valence-corrected chi connectivity index (χ1v) is 5.35. The third-order valence-electron chi connectivity index (χ3n) is 2.21. The van der Waals surface area contributed by atoms with E-state index in [-0.39, 0.29) is 11.7 Å². The van der Waals surface area contributed by atoms with E-state index in [2.05, 4.69) is 5.32 Å². The van der Waals surface area contributed by atoms with Gasteiger partial charge >= 0.3 is 0 Å². The summed E-state index contributed by atoms with van der Waals surface area (Å²) in [6.45, 7) is 0. The van der Waals surface area contributed by atoms with Gasteiger partial charge in [-0.25, -0.2) is 4.39 Å². The molecule has 1 amide bonds. The SMILES string of the molecule is O=C(Nc1ccc(Cl)cc1)c1ccc(F)cc1. The number of carbonyl (C=O) groups is 1. The third kappa shape index (κ3) is 3.04. The predicted octanol–water partition coefficient (Wildman–Crippen LogP) is 3.73. The van der Waals surface area contributed by atoms with Crippen molar-refractivity contribution < 1.29 is 9.18 Å². The van der Waals surface area contributed by atoms with Crippen LogP contribution in [-0.2, 0) is 0 Å². The van der Waals surface area contributed by atoms with Crippen molar-refractivity contribution in [2.75, 3.05) is 5.32 Å². The number of carbonyl (C=O) groups excluding carboxylic acids is 1. The van der Waals surface area contributed by atoms with Crippen molar-refractivity contribution >= 4 is 23.2 Å². The Morgan fingerprint density at radius 1 is 1.00 bits per heavy atom. The van der Waals surface area contributed by atoms with Crippen molar-refractivity contribution in [3.63, 3.8) is 0 Å². The van der Waals surface area contributed by atoms with Gasteiger partial charge in [-0.1, -0.05) is 11.6 Å². The van der Waals surface area contributed by atoms with Crippen LogP contribution < -0.4 is 5.32 Å². The summed E-state index contributed by atoms with van der Waals surface area (Å²) in [6, 6.07) is 12.1. The lowest BCUT2D eigenvalue weighted by molar-refractivity contribution is 0.102. The zero-order chi connectivity index (χ0) is 12.3. The number of amides is 1. The molecule has 17 heavy (non-hydrogen) atoms. The van der Waals surface area contributed by atoms with Crippen LogP contribution in [0.5, 0.6) is 0 Å². The minimum absolute atomic E-state index is 0.285. The molecule has 0 fully saturated rings. The molecule has 0 bridgehead atoms. The van der Waals surface area contributed by atoms with Gasteiger partial charge < -0.3 is 5.32 Å². The van der Waals surface area contributed by atoms with Gasteiger partial charge in [0.25, 0.3) is 5.91 Å². The van der Waals surface area contributed by atoms with Gasteiger partial charge in [0.2, 0.25) is 0 Å². The summed E-state index contributed by atoms with van der Waals surface area (Å²) < 4.78 is 12.7. The molecule has 0 radical (unpaired) electrons. The molecule has 0 spiro atoms. The highest BCUT2D eigenvalue weighted by Gasteiger charge is 2.05. The Morgan fingerprint density at radius 2 is 1.59 bits per heavy atom. The number of halogens is 2. The lowest BCUT2D eigenvalue weighted by Crippen LogP contribution is -2.11. The summed E-state index contributed by atoms with van der Waals surface area (Å²) in [7, 11) is 0. The minimum atomic E-state index is -0.368. The molecular weight excluding hydrogens is 241 g/mol. The fourth-order valence-corrected chi connectivity index (χ4v) is 1.46. The van der Waals surface area contributed by atoms with Gasteiger partial charge in [0.05, 0.1) is 0 Å². The van der Waals surface area contributed by atoms with E-state index >= 15 is 0 Å². The lowest BCUT2D eigenvalue weighted by atomic mass is 10.2. The standard InChI is InChI=1S/C13H9ClFNO/c14-10-3-7-12(8-4-10)16-13(17)9-1-5-11(15)6-2-9/h1-8H,(H,16,17). The van der Waals surface area contributed by atoms with Crippen LogP contribution in [0.2, 0.25) is 5.02 Å². The fourth-order valence-electron chi connectivity index (χ4n) is 1.34. The van der Waals surface area contributed by atoms with Crippen LogP contribution >= 0.6 is 11.6 Å². The Bertz CT molecular complexity index is 522. The molecule has 2 nitrogen and oxygen atoms in total. The summed E-state index contributed by atoms with van der Waals surface area (Å²) >= 11 is 5.73. The molecule has 0 heterocycles. The van der Waals surface area contributed by atoms with Crippen LogP contribution in [0.25, 0.3) is 0 Å². The average molecular weight is 250 g/mol. The maximum absolute atomic E-state index is 12.7. The first-order valence-electron chi connectivity index (χ1n) is 4.97. The molecule has 2 aromatic rings. The topological polar surface area (TPSA) is 29.1 Å². The highest BCUT2D eigenvalue weighted by molar-refractivity contribution is 6.30. The molecule has 0 aliphatic rings. The van der Waals surface area contributed by atoms with Crippen molar-refractivity contribution in [2.45, 2.75) is 0 Å². The molecule has 0 atom stereocenters. The van der Waals surface area contributed by atoms with Crippen LogP contribution in [0.4, 0.5) is 10.1 Å². The van der Waals surface area contributed by atoms with E-state index in [9.17, 15) is 9.18 Å².